The summed E-state index contributed by atoms with van der Waals surface area (Å²) in [4.78, 5) is 13.8. The minimum atomic E-state index is -2.95. The average molecular weight is 609 g/mol. The quantitative estimate of drug-likeness (QED) is 0.162. The Hall–Kier alpha value is -3.28. The van der Waals surface area contributed by atoms with Crippen molar-refractivity contribution in [2.45, 2.75) is 57.2 Å². The Morgan fingerprint density at radius 3 is 2.65 bits per heavy atom. The van der Waals surface area contributed by atoms with Gasteiger partial charge in [-0.2, -0.15) is 0 Å². The first-order valence-electron chi connectivity index (χ1n) is 15.1. The predicted octanol–water partition coefficient (Wildman–Crippen LogP) is 5.37. The molecule has 2 aliphatic rings. The van der Waals surface area contributed by atoms with Gasteiger partial charge in [-0.25, -0.2) is 0 Å². The van der Waals surface area contributed by atoms with E-state index in [9.17, 15) is 19.0 Å². The third-order valence-electron chi connectivity index (χ3n) is 8.31. The van der Waals surface area contributed by atoms with Crippen LogP contribution < -0.4 is 25.0 Å². The van der Waals surface area contributed by atoms with Crippen molar-refractivity contribution in [3.05, 3.63) is 89.0 Å². The minimum absolute atomic E-state index is 0.0939. The Balaban J connectivity index is 1.35. The summed E-state index contributed by atoms with van der Waals surface area (Å²) in [5, 5.41) is 21.4. The number of amides is 1. The predicted molar refractivity (Wildman–Crippen MR) is 174 cm³/mol. The Labute approximate surface area is 256 Å². The number of carbonyl (C=O) groups excluding carboxylic acids is 1. The van der Waals surface area contributed by atoms with E-state index in [0.29, 0.717) is 43.1 Å². The molecule has 0 spiro atoms. The van der Waals surface area contributed by atoms with Crippen LogP contribution in [-0.2, 0) is 12.8 Å². The van der Waals surface area contributed by atoms with E-state index in [-0.39, 0.29) is 11.9 Å². The van der Waals surface area contributed by atoms with Gasteiger partial charge in [-0.05, 0) is 86.1 Å². The maximum absolute atomic E-state index is 13.8. The van der Waals surface area contributed by atoms with E-state index >= 15 is 0 Å². The maximum Gasteiger partial charge on any atom is 0.251 e. The zero-order chi connectivity index (χ0) is 30.4. The van der Waals surface area contributed by atoms with Gasteiger partial charge in [0.1, 0.15) is 5.75 Å². The van der Waals surface area contributed by atoms with Crippen LogP contribution in [0.3, 0.4) is 0 Å². The lowest BCUT2D eigenvalue weighted by Crippen LogP contribution is -2.49. The van der Waals surface area contributed by atoms with Gasteiger partial charge in [-0.3, -0.25) is 18.2 Å². The van der Waals surface area contributed by atoms with E-state index < -0.39 is 22.9 Å². The Bertz CT molecular complexity index is 1390. The molecular weight excluding hydrogens is 564 g/mol. The number of anilines is 2. The second-order valence-corrected chi connectivity index (χ2v) is 13.5. The van der Waals surface area contributed by atoms with E-state index in [1.165, 1.54) is 11.1 Å². The summed E-state index contributed by atoms with van der Waals surface area (Å²) >= 11 is 0. The molecule has 6 N–H and O–H groups in total. The average Bonchev–Trinajstić information content (AvgIpc) is 3.41. The highest BCUT2D eigenvalue weighted by molar-refractivity contribution is 8.25. The van der Waals surface area contributed by atoms with E-state index in [0.717, 1.165) is 42.7 Å². The van der Waals surface area contributed by atoms with Crippen molar-refractivity contribution in [1.82, 2.24) is 10.6 Å². The fraction of sp³-hybridized carbons (Fsp3) is 0.424. The van der Waals surface area contributed by atoms with Gasteiger partial charge < -0.3 is 25.8 Å². The van der Waals surface area contributed by atoms with Gasteiger partial charge in [0.05, 0.1) is 30.7 Å². The normalized spacial score (nSPS) is 19.7. The van der Waals surface area contributed by atoms with Crippen LogP contribution in [0, 0.1) is 0 Å². The van der Waals surface area contributed by atoms with Crippen molar-refractivity contribution >= 4 is 28.1 Å². The first kappa shape index (κ1) is 31.2. The third kappa shape index (κ3) is 7.63. The number of aliphatic hydroxyl groups is 1. The molecule has 3 aromatic rings. The first-order valence-corrected chi connectivity index (χ1v) is 16.8. The van der Waals surface area contributed by atoms with Gasteiger partial charge in [-0.1, -0.05) is 36.4 Å². The number of hydrogen-bond donors (Lipinski definition) is 6. The molecule has 1 fully saturated rings. The van der Waals surface area contributed by atoms with E-state index in [4.69, 9.17) is 4.74 Å². The minimum Gasteiger partial charge on any atom is -0.497 e. The van der Waals surface area contributed by atoms with Crippen molar-refractivity contribution in [3.8, 4) is 5.75 Å². The molecule has 1 aliphatic carbocycles. The van der Waals surface area contributed by atoms with Crippen LogP contribution in [-0.4, -0.2) is 64.8 Å². The number of nitrogens with zero attached hydrogens (tertiary/aromatic N) is 1. The third-order valence-corrected chi connectivity index (χ3v) is 10.3. The van der Waals surface area contributed by atoms with Crippen molar-refractivity contribution in [3.63, 3.8) is 0 Å². The molecule has 43 heavy (non-hydrogen) atoms. The number of rotatable bonds is 12. The number of fused-ring (bicyclic) bond motifs is 1. The number of nitrogens with one attached hydrogen (secondary N) is 3. The zero-order valence-corrected chi connectivity index (χ0v) is 25.8. The van der Waals surface area contributed by atoms with Crippen LogP contribution in [0.4, 0.5) is 11.4 Å². The zero-order valence-electron chi connectivity index (χ0n) is 25.0. The van der Waals surface area contributed by atoms with Gasteiger partial charge in [0, 0.05) is 36.9 Å². The lowest BCUT2D eigenvalue weighted by atomic mass is 9.99. The van der Waals surface area contributed by atoms with Gasteiger partial charge in [0.15, 0.2) is 0 Å². The SMILES string of the molecule is CCNc1cc(C(=O)N[C@@H](Cc2ccccc2)[C@H](O)CNC2CCc3ccc(OC)cc32)cc(N2CCCCS2(O)O)c1. The second-order valence-electron chi connectivity index (χ2n) is 11.3. The van der Waals surface area contributed by atoms with Crippen LogP contribution in [0.15, 0.2) is 66.7 Å². The van der Waals surface area contributed by atoms with Gasteiger partial charge in [0.2, 0.25) is 0 Å². The Kier molecular flexibility index (Phi) is 10.1. The Morgan fingerprint density at radius 1 is 1.09 bits per heavy atom. The molecule has 1 heterocycles. The van der Waals surface area contributed by atoms with E-state index in [2.05, 4.69) is 28.1 Å². The molecule has 232 valence electrons. The lowest BCUT2D eigenvalue weighted by Gasteiger charge is -2.47. The second kappa shape index (κ2) is 14.0. The molecule has 10 heteroatoms. The molecule has 3 aromatic carbocycles. The smallest absolute Gasteiger partial charge is 0.251 e. The topological polar surface area (TPSA) is 126 Å². The summed E-state index contributed by atoms with van der Waals surface area (Å²) in [5.41, 5.74) is 5.19. The Morgan fingerprint density at radius 2 is 1.91 bits per heavy atom. The van der Waals surface area contributed by atoms with Crippen LogP contribution in [0.5, 0.6) is 5.75 Å². The molecule has 0 bridgehead atoms. The number of benzene rings is 3. The number of carbonyl (C=O) groups is 1. The van der Waals surface area contributed by atoms with Crippen molar-refractivity contribution in [1.29, 1.82) is 0 Å². The fourth-order valence-electron chi connectivity index (χ4n) is 6.03. The monoisotopic (exact) mass is 608 g/mol. The molecular formula is C33H44N4O5S. The van der Waals surface area contributed by atoms with Crippen LogP contribution in [0.1, 0.15) is 59.3 Å². The summed E-state index contributed by atoms with van der Waals surface area (Å²) in [7, 11) is -1.29. The van der Waals surface area contributed by atoms with Gasteiger partial charge >= 0.3 is 0 Å². The summed E-state index contributed by atoms with van der Waals surface area (Å²) in [6.45, 7) is 3.43. The number of hydrogen-bond acceptors (Lipinski definition) is 8. The molecule has 9 nitrogen and oxygen atoms in total. The molecule has 1 saturated heterocycles. The van der Waals surface area contributed by atoms with Crippen molar-refractivity contribution < 1.29 is 23.7 Å². The standard InChI is InChI=1S/C33H44N4O5S/c1-3-34-26-18-25(19-27(20-26)37-15-7-8-16-43(37,40)41)33(39)36-31(17-23-9-5-4-6-10-23)32(38)22-35-30-14-12-24-11-13-28(42-2)21-29(24)30/h4-6,9-11,13,18-21,30-32,34-35,38,40-41H,3,7-8,12,14-17,22H2,1-2H3,(H,36,39)/t30?,31-,32+/m0/s1. The molecule has 1 amide bonds. The molecule has 1 aliphatic heterocycles. The molecule has 0 aromatic heterocycles. The lowest BCUT2D eigenvalue weighted by molar-refractivity contribution is 0.0824. The molecule has 5 rings (SSSR count). The van der Waals surface area contributed by atoms with Crippen molar-refractivity contribution in [2.24, 2.45) is 0 Å². The summed E-state index contributed by atoms with van der Waals surface area (Å²) < 4.78 is 28.6. The molecule has 3 atom stereocenters. The van der Waals surface area contributed by atoms with Crippen LogP contribution in [0.2, 0.25) is 0 Å². The fourth-order valence-corrected chi connectivity index (χ4v) is 7.70. The molecule has 1 unspecified atom stereocenters. The summed E-state index contributed by atoms with van der Waals surface area (Å²) in [6, 6.07) is 20.8. The van der Waals surface area contributed by atoms with E-state index in [1.807, 2.05) is 49.4 Å². The van der Waals surface area contributed by atoms with E-state index in [1.54, 1.807) is 23.5 Å². The largest absolute Gasteiger partial charge is 0.497 e. The first-order chi connectivity index (χ1) is 20.8. The van der Waals surface area contributed by atoms with Crippen LogP contribution in [0.25, 0.3) is 0 Å². The van der Waals surface area contributed by atoms with Gasteiger partial charge in [0.25, 0.3) is 5.91 Å². The maximum atomic E-state index is 13.8. The number of methoxy groups -OCH3 is 1. The highest BCUT2D eigenvalue weighted by atomic mass is 32.3. The van der Waals surface area contributed by atoms with Gasteiger partial charge in [-0.15, -0.1) is 10.8 Å². The number of aryl methyl sites for hydroxylation is 1. The van der Waals surface area contributed by atoms with Crippen molar-refractivity contribution in [2.75, 3.05) is 42.1 Å². The number of ether oxygens (including phenoxy) is 1. The molecule has 0 radical (unpaired) electrons. The summed E-state index contributed by atoms with van der Waals surface area (Å²) in [5.74, 6) is 0.800. The highest BCUT2D eigenvalue weighted by Crippen LogP contribution is 2.50. The highest BCUT2D eigenvalue weighted by Gasteiger charge is 2.30. The number of aliphatic hydroxyl groups excluding tert-OH is 1. The molecule has 0 saturated carbocycles. The van der Waals surface area contributed by atoms with Crippen LogP contribution >= 0.6 is 10.8 Å². The summed E-state index contributed by atoms with van der Waals surface area (Å²) in [6.07, 6.45) is 3.09.